The van der Waals surface area contributed by atoms with Crippen LogP contribution in [0.1, 0.15) is 65.2 Å². The summed E-state index contributed by atoms with van der Waals surface area (Å²) in [6.45, 7) is 4.00. The Kier molecular flexibility index (Phi) is 14.2. The number of phosphoric ester groups is 1. The van der Waals surface area contributed by atoms with Crippen molar-refractivity contribution in [3.05, 3.63) is 0 Å². The maximum absolute atomic E-state index is 10.7. The maximum atomic E-state index is 10.7. The molecule has 23 heavy (non-hydrogen) atoms. The summed E-state index contributed by atoms with van der Waals surface area (Å²) in [6.07, 6.45) is 9.66. The fourth-order valence-electron chi connectivity index (χ4n) is 2.26. The first-order valence-corrected chi connectivity index (χ1v) is 9.75. The number of quaternary nitrogens is 1. The van der Waals surface area contributed by atoms with Crippen LogP contribution >= 0.6 is 7.82 Å². The first-order valence-electron chi connectivity index (χ1n) is 8.25. The molecule has 2 N–H and O–H groups in total. The summed E-state index contributed by atoms with van der Waals surface area (Å²) >= 11 is 0. The third-order valence-electron chi connectivity index (χ3n) is 4.38. The molecule has 0 amide bonds. The van der Waals surface area contributed by atoms with Gasteiger partial charge in [0.2, 0.25) is 5.72 Å². The number of hydrogen-bond donors (Lipinski definition) is 2. The minimum atomic E-state index is -4.80. The Labute approximate surface area is 163 Å². The van der Waals surface area contributed by atoms with Gasteiger partial charge in [0.05, 0.1) is 20.6 Å². The molecule has 0 radical (unpaired) electrons. The van der Waals surface area contributed by atoms with Gasteiger partial charge in [-0.05, 0) is 12.8 Å². The van der Waals surface area contributed by atoms with Crippen molar-refractivity contribution >= 4 is 7.82 Å². The maximum Gasteiger partial charge on any atom is 1.00 e. The smallest absolute Gasteiger partial charge is 0.756 e. The van der Waals surface area contributed by atoms with E-state index in [1.807, 2.05) is 14.1 Å². The van der Waals surface area contributed by atoms with E-state index in [9.17, 15) is 14.6 Å². The second-order valence-electron chi connectivity index (χ2n) is 6.84. The zero-order valence-electron chi connectivity index (χ0n) is 15.6. The second-order valence-corrected chi connectivity index (χ2v) is 8.04. The van der Waals surface area contributed by atoms with Gasteiger partial charge in [0.1, 0.15) is 6.61 Å². The molecule has 0 spiro atoms. The first-order chi connectivity index (χ1) is 10.0. The average molecular weight is 362 g/mol. The van der Waals surface area contributed by atoms with E-state index in [-0.39, 0.29) is 34.0 Å². The zero-order chi connectivity index (χ0) is 17.3. The number of likely N-dealkylation sites (N-methyl/N-ethyl adjacent to an activating group) is 1. The first kappa shape index (κ1) is 26.3. The molecule has 0 aliphatic rings. The molecule has 0 aliphatic heterocycles. The van der Waals surface area contributed by atoms with Crippen molar-refractivity contribution in [3.63, 3.8) is 0 Å². The van der Waals surface area contributed by atoms with Gasteiger partial charge in [0.25, 0.3) is 7.82 Å². The molecule has 0 aromatic carbocycles. The summed E-state index contributed by atoms with van der Waals surface area (Å²) in [5.74, 6) is 0. The normalized spacial score (nSPS) is 17.2. The molecule has 2 unspecified atom stereocenters. The molecule has 134 valence electrons. The van der Waals surface area contributed by atoms with E-state index in [2.05, 4.69) is 11.4 Å². The van der Waals surface area contributed by atoms with Crippen LogP contribution in [-0.2, 0) is 9.09 Å². The number of aliphatic hydroxyl groups is 1. The quantitative estimate of drug-likeness (QED) is 0.150. The predicted octanol–water partition coefficient (Wildman–Crippen LogP) is -0.607. The Hall–Kier alpha value is 1.03. The van der Waals surface area contributed by atoms with Crippen molar-refractivity contribution in [2.75, 3.05) is 27.2 Å². The standard InChI is InChI=1S/C15H34NO5P.Na/c1-5-6-7-8-9-10-11-12-13-16(3,4)15(2,17)14-21-22(18,19)20;/h17H,5-14H2,1-4H3,(H-,18,19,20);/q;+1. The Morgan fingerprint density at radius 1 is 1.09 bits per heavy atom. The van der Waals surface area contributed by atoms with Crippen molar-refractivity contribution in [1.82, 2.24) is 0 Å². The Bertz CT molecular complexity index is 347. The number of nitrogens with zero attached hydrogens (tertiary/aromatic N) is 1. The Morgan fingerprint density at radius 2 is 1.52 bits per heavy atom. The molecule has 0 bridgehead atoms. The summed E-state index contributed by atoms with van der Waals surface area (Å²) in [7, 11) is -1.14. The molecule has 0 aliphatic carbocycles. The number of phosphoric acid groups is 1. The van der Waals surface area contributed by atoms with Crippen LogP contribution in [0.15, 0.2) is 0 Å². The van der Waals surface area contributed by atoms with E-state index < -0.39 is 20.2 Å². The minimum absolute atomic E-state index is 0. The molecule has 0 saturated carbocycles. The van der Waals surface area contributed by atoms with E-state index in [1.165, 1.54) is 45.4 Å². The van der Waals surface area contributed by atoms with Crippen molar-refractivity contribution in [3.8, 4) is 0 Å². The minimum Gasteiger partial charge on any atom is -0.756 e. The van der Waals surface area contributed by atoms with Crippen LogP contribution in [0, 0.1) is 0 Å². The van der Waals surface area contributed by atoms with Gasteiger partial charge in [-0.2, -0.15) is 0 Å². The monoisotopic (exact) mass is 362 g/mol. The van der Waals surface area contributed by atoms with Crippen molar-refractivity contribution in [2.45, 2.75) is 70.9 Å². The van der Waals surface area contributed by atoms with E-state index in [0.717, 1.165) is 19.4 Å². The van der Waals surface area contributed by atoms with E-state index in [4.69, 9.17) is 4.89 Å². The number of hydrogen-bond acceptors (Lipinski definition) is 4. The molecular weight excluding hydrogens is 328 g/mol. The third kappa shape index (κ3) is 13.0. The predicted molar refractivity (Wildman–Crippen MR) is 86.0 cm³/mol. The van der Waals surface area contributed by atoms with Gasteiger partial charge in [-0.25, -0.2) is 0 Å². The van der Waals surface area contributed by atoms with Crippen LogP contribution in [0.4, 0.5) is 0 Å². The molecule has 8 heteroatoms. The van der Waals surface area contributed by atoms with Gasteiger partial charge in [0.15, 0.2) is 0 Å². The molecule has 0 aromatic heterocycles. The molecule has 0 rings (SSSR count). The van der Waals surface area contributed by atoms with Gasteiger partial charge >= 0.3 is 29.6 Å². The largest absolute Gasteiger partial charge is 1.00 e. The molecule has 0 aromatic rings. The molecule has 0 fully saturated rings. The SMILES string of the molecule is CCCCCCCCCC[N+](C)(C)C(C)(O)COP(=O)([O-])O.[Na+]. The van der Waals surface area contributed by atoms with Crippen molar-refractivity contribution < 1.29 is 58.0 Å². The van der Waals surface area contributed by atoms with Crippen molar-refractivity contribution in [1.29, 1.82) is 0 Å². The summed E-state index contributed by atoms with van der Waals surface area (Å²) in [5, 5.41) is 10.4. The number of unbranched alkanes of at least 4 members (excludes halogenated alkanes) is 7. The van der Waals surface area contributed by atoms with Crippen LogP contribution in [0.2, 0.25) is 0 Å². The molecule has 0 heterocycles. The summed E-state index contributed by atoms with van der Waals surface area (Å²) < 4.78 is 15.2. The second kappa shape index (κ2) is 12.4. The molecule has 2 atom stereocenters. The van der Waals surface area contributed by atoms with Crippen LogP contribution in [-0.4, -0.2) is 47.5 Å². The van der Waals surface area contributed by atoms with Crippen molar-refractivity contribution in [2.24, 2.45) is 0 Å². The van der Waals surface area contributed by atoms with Gasteiger partial charge in [-0.3, -0.25) is 9.05 Å². The summed E-state index contributed by atoms with van der Waals surface area (Å²) in [4.78, 5) is 19.3. The van der Waals surface area contributed by atoms with E-state index in [1.54, 1.807) is 0 Å². The zero-order valence-corrected chi connectivity index (χ0v) is 18.5. The van der Waals surface area contributed by atoms with Crippen LogP contribution < -0.4 is 34.5 Å². The van der Waals surface area contributed by atoms with E-state index >= 15 is 0 Å². The van der Waals surface area contributed by atoms with Gasteiger partial charge in [-0.15, -0.1) is 0 Å². The third-order valence-corrected chi connectivity index (χ3v) is 4.83. The van der Waals surface area contributed by atoms with E-state index in [0.29, 0.717) is 0 Å². The van der Waals surface area contributed by atoms with Crippen LogP contribution in [0.25, 0.3) is 0 Å². The van der Waals surface area contributed by atoms with Gasteiger partial charge < -0.3 is 19.4 Å². The average Bonchev–Trinajstić information content (AvgIpc) is 2.38. The van der Waals surface area contributed by atoms with Crippen LogP contribution in [0.3, 0.4) is 0 Å². The molecule has 6 nitrogen and oxygen atoms in total. The fourth-order valence-corrected chi connectivity index (χ4v) is 2.67. The Morgan fingerprint density at radius 3 is 1.96 bits per heavy atom. The molecule has 0 saturated heterocycles. The number of rotatable bonds is 13. The van der Waals surface area contributed by atoms with Gasteiger partial charge in [-0.1, -0.05) is 45.4 Å². The fraction of sp³-hybridized carbons (Fsp3) is 1.00. The summed E-state index contributed by atoms with van der Waals surface area (Å²) in [6, 6.07) is 0. The Balaban J connectivity index is 0. The summed E-state index contributed by atoms with van der Waals surface area (Å²) in [5.41, 5.74) is -1.37. The molecular formula is C15H34NNaO5P+. The van der Waals surface area contributed by atoms with Gasteiger partial charge in [0, 0.05) is 6.92 Å². The topological polar surface area (TPSA) is 89.8 Å². The van der Waals surface area contributed by atoms with Crippen LogP contribution in [0.5, 0.6) is 0 Å².